The third-order valence-corrected chi connectivity index (χ3v) is 8.10. The summed E-state index contributed by atoms with van der Waals surface area (Å²) in [6.45, 7) is 5.85. The number of aromatic amines is 1. The number of nitrogens with one attached hydrogen (secondary N) is 1. The number of aryl methyl sites for hydroxylation is 1. The summed E-state index contributed by atoms with van der Waals surface area (Å²) >= 11 is 0. The fourth-order valence-corrected chi connectivity index (χ4v) is 6.02. The Morgan fingerprint density at radius 1 is 1.07 bits per heavy atom. The van der Waals surface area contributed by atoms with Crippen molar-refractivity contribution >= 4 is 5.78 Å². The minimum Gasteiger partial charge on any atom is -0.388 e. The first kappa shape index (κ1) is 29.6. The van der Waals surface area contributed by atoms with E-state index >= 15 is 0 Å². The predicted octanol–water partition coefficient (Wildman–Crippen LogP) is 4.11. The molecule has 0 aliphatic heterocycles. The van der Waals surface area contributed by atoms with E-state index in [9.17, 15) is 14.7 Å². The van der Waals surface area contributed by atoms with Gasteiger partial charge in [0, 0.05) is 35.3 Å². The Hall–Kier alpha value is -4.42. The van der Waals surface area contributed by atoms with Crippen LogP contribution in [0.3, 0.4) is 0 Å². The number of nitrogens with zero attached hydrogens (tertiary/aromatic N) is 6. The molecule has 230 valence electrons. The van der Waals surface area contributed by atoms with Crippen molar-refractivity contribution in [2.24, 2.45) is 0 Å². The number of H-pyrrole nitrogens is 1. The summed E-state index contributed by atoms with van der Waals surface area (Å²) in [5.41, 5.74) is 3.74. The van der Waals surface area contributed by atoms with Crippen LogP contribution in [0.2, 0.25) is 0 Å². The van der Waals surface area contributed by atoms with Crippen molar-refractivity contribution in [2.75, 3.05) is 6.61 Å². The lowest BCUT2D eigenvalue weighted by atomic mass is 9.92. The van der Waals surface area contributed by atoms with E-state index in [0.29, 0.717) is 41.3 Å². The van der Waals surface area contributed by atoms with Gasteiger partial charge < -0.3 is 9.84 Å². The summed E-state index contributed by atoms with van der Waals surface area (Å²) < 4.78 is 14.3. The van der Waals surface area contributed by atoms with Crippen LogP contribution in [0.4, 0.5) is 0 Å². The molecule has 0 saturated heterocycles. The standard InChI is InChI=1S/C32H37N7O5/c1-4-7-27-25(16-20-10-15-26(33-17-20)23-8-5-6-9-24(23)28-36-31(41)44-37-28)29(40)38(30-34-19-35-39(27)30)21-11-13-22(14-12-21)43-18-32(2,3)42/h5-6,8-10,15,17,19,21-22,42H,4,7,11-14,16,18H2,1-3H3,(H,36,37,41). The molecule has 1 aliphatic rings. The van der Waals surface area contributed by atoms with Gasteiger partial charge in [0.2, 0.25) is 5.78 Å². The van der Waals surface area contributed by atoms with Gasteiger partial charge in [-0.1, -0.05) is 48.8 Å². The van der Waals surface area contributed by atoms with Crippen molar-refractivity contribution in [1.29, 1.82) is 0 Å². The first-order valence-corrected chi connectivity index (χ1v) is 15.1. The Balaban J connectivity index is 1.30. The fourth-order valence-electron chi connectivity index (χ4n) is 6.02. The van der Waals surface area contributed by atoms with Gasteiger partial charge in [-0.05, 0) is 57.6 Å². The molecule has 0 radical (unpaired) electrons. The minimum atomic E-state index is -0.876. The molecule has 0 unspecified atom stereocenters. The van der Waals surface area contributed by atoms with Crippen LogP contribution < -0.4 is 11.3 Å². The van der Waals surface area contributed by atoms with Gasteiger partial charge in [0.05, 0.1) is 29.7 Å². The predicted molar refractivity (Wildman–Crippen MR) is 163 cm³/mol. The quantitative estimate of drug-likeness (QED) is 0.241. The lowest BCUT2D eigenvalue weighted by Gasteiger charge is -2.32. The number of benzene rings is 1. The number of ether oxygens (including phenoxy) is 1. The van der Waals surface area contributed by atoms with E-state index < -0.39 is 11.4 Å². The number of hydrogen-bond acceptors (Lipinski definition) is 9. The molecule has 4 heterocycles. The van der Waals surface area contributed by atoms with Crippen LogP contribution in [0.5, 0.6) is 0 Å². The highest BCUT2D eigenvalue weighted by atomic mass is 16.5. The number of hydrogen-bond donors (Lipinski definition) is 2. The van der Waals surface area contributed by atoms with Gasteiger partial charge >= 0.3 is 5.76 Å². The van der Waals surface area contributed by atoms with Gasteiger partial charge in [0.15, 0.2) is 5.82 Å². The lowest BCUT2D eigenvalue weighted by molar-refractivity contribution is -0.0654. The molecule has 5 aromatic rings. The number of aliphatic hydroxyl groups is 1. The number of aromatic nitrogens is 7. The minimum absolute atomic E-state index is 0.0226. The highest BCUT2D eigenvalue weighted by Gasteiger charge is 2.29. The SMILES string of the molecule is CCCc1c(Cc2ccc(-c3ccccc3-c3noc(=O)[nH]3)nc2)c(=O)n(C2CCC(OCC(C)(C)O)CC2)c2ncnn12. The zero-order valence-electron chi connectivity index (χ0n) is 25.2. The Morgan fingerprint density at radius 3 is 2.50 bits per heavy atom. The Morgan fingerprint density at radius 2 is 1.84 bits per heavy atom. The third-order valence-electron chi connectivity index (χ3n) is 8.10. The second-order valence-corrected chi connectivity index (χ2v) is 12.1. The molecule has 1 fully saturated rings. The van der Waals surface area contributed by atoms with Crippen molar-refractivity contribution in [3.05, 3.63) is 86.6 Å². The van der Waals surface area contributed by atoms with Crippen molar-refractivity contribution in [3.8, 4) is 22.6 Å². The van der Waals surface area contributed by atoms with Crippen LogP contribution in [0, 0.1) is 0 Å². The van der Waals surface area contributed by atoms with Gasteiger partial charge in [-0.2, -0.15) is 10.1 Å². The Kier molecular flexibility index (Phi) is 8.28. The molecule has 0 spiro atoms. The molecule has 0 bridgehead atoms. The van der Waals surface area contributed by atoms with Crippen LogP contribution in [0.15, 0.2) is 63.0 Å². The molecule has 1 saturated carbocycles. The van der Waals surface area contributed by atoms with Crippen LogP contribution >= 0.6 is 0 Å². The monoisotopic (exact) mass is 599 g/mol. The molecular weight excluding hydrogens is 562 g/mol. The van der Waals surface area contributed by atoms with E-state index in [-0.39, 0.29) is 24.3 Å². The number of pyridine rings is 1. The summed E-state index contributed by atoms with van der Waals surface area (Å²) in [7, 11) is 0. The molecule has 6 rings (SSSR count). The van der Waals surface area contributed by atoms with Crippen molar-refractivity contribution in [3.63, 3.8) is 0 Å². The van der Waals surface area contributed by atoms with Crippen LogP contribution in [0.1, 0.15) is 75.7 Å². The van der Waals surface area contributed by atoms with E-state index in [1.54, 1.807) is 20.0 Å². The maximum Gasteiger partial charge on any atom is 0.439 e. The van der Waals surface area contributed by atoms with Crippen LogP contribution in [-0.2, 0) is 17.6 Å². The van der Waals surface area contributed by atoms with Crippen molar-refractivity contribution in [1.82, 2.24) is 34.3 Å². The van der Waals surface area contributed by atoms with Crippen LogP contribution in [-0.4, -0.2) is 57.7 Å². The molecule has 2 N–H and O–H groups in total. The fraction of sp³-hybridized carbons (Fsp3) is 0.438. The van der Waals surface area contributed by atoms with Crippen molar-refractivity contribution < 1.29 is 14.4 Å². The summed E-state index contributed by atoms with van der Waals surface area (Å²) in [4.78, 5) is 37.7. The molecule has 4 aromatic heterocycles. The van der Waals surface area contributed by atoms with E-state index in [1.165, 1.54) is 6.33 Å². The van der Waals surface area contributed by atoms with E-state index in [2.05, 4.69) is 27.1 Å². The second kappa shape index (κ2) is 12.3. The van der Waals surface area contributed by atoms with E-state index in [4.69, 9.17) is 14.2 Å². The maximum absolute atomic E-state index is 14.3. The largest absolute Gasteiger partial charge is 0.439 e. The summed E-state index contributed by atoms with van der Waals surface area (Å²) in [5.74, 6) is 0.280. The van der Waals surface area contributed by atoms with E-state index in [1.807, 2.05) is 45.5 Å². The topological polar surface area (TPSA) is 153 Å². The first-order chi connectivity index (χ1) is 21.2. The average molecular weight is 600 g/mol. The van der Waals surface area contributed by atoms with E-state index in [0.717, 1.165) is 48.9 Å². The highest BCUT2D eigenvalue weighted by molar-refractivity contribution is 5.78. The third kappa shape index (κ3) is 6.13. The first-order valence-electron chi connectivity index (χ1n) is 15.1. The molecule has 12 nitrogen and oxygen atoms in total. The van der Waals surface area contributed by atoms with Crippen molar-refractivity contribution in [2.45, 2.75) is 83.5 Å². The molecule has 12 heteroatoms. The van der Waals surface area contributed by atoms with Gasteiger partial charge in [-0.15, -0.1) is 0 Å². The Bertz CT molecular complexity index is 1850. The summed E-state index contributed by atoms with van der Waals surface area (Å²) in [6.07, 6.45) is 8.46. The van der Waals surface area contributed by atoms with Gasteiger partial charge in [-0.25, -0.2) is 9.31 Å². The second-order valence-electron chi connectivity index (χ2n) is 12.1. The smallest absolute Gasteiger partial charge is 0.388 e. The maximum atomic E-state index is 14.3. The molecular formula is C32H37N7O5. The van der Waals surface area contributed by atoms with Gasteiger partial charge in [0.25, 0.3) is 5.56 Å². The lowest BCUT2D eigenvalue weighted by Crippen LogP contribution is -2.36. The van der Waals surface area contributed by atoms with Gasteiger partial charge in [0.1, 0.15) is 6.33 Å². The molecule has 44 heavy (non-hydrogen) atoms. The summed E-state index contributed by atoms with van der Waals surface area (Å²) in [5, 5.41) is 18.4. The molecule has 0 amide bonds. The zero-order chi connectivity index (χ0) is 30.8. The zero-order valence-corrected chi connectivity index (χ0v) is 25.2. The van der Waals surface area contributed by atoms with Gasteiger partial charge in [-0.3, -0.25) is 23.9 Å². The molecule has 1 aromatic carbocycles. The Labute approximate surface area is 253 Å². The molecule has 1 aliphatic carbocycles. The number of rotatable bonds is 10. The van der Waals surface area contributed by atoms with Crippen LogP contribution in [0.25, 0.3) is 28.4 Å². The summed E-state index contributed by atoms with van der Waals surface area (Å²) in [6, 6.07) is 11.4. The highest BCUT2D eigenvalue weighted by Crippen LogP contribution is 2.32. The number of fused-ring (bicyclic) bond motifs is 1. The normalized spacial score (nSPS) is 17.4. The average Bonchev–Trinajstić information content (AvgIpc) is 3.68. The molecule has 0 atom stereocenters.